The van der Waals surface area contributed by atoms with Gasteiger partial charge in [-0.25, -0.2) is 0 Å². The minimum atomic E-state index is 0.641. The van der Waals surface area contributed by atoms with E-state index < -0.39 is 0 Å². The highest BCUT2D eigenvalue weighted by Crippen LogP contribution is 2.12. The third-order valence-corrected chi connectivity index (χ3v) is 3.24. The van der Waals surface area contributed by atoms with Crippen molar-refractivity contribution >= 4 is 6.29 Å². The average Bonchev–Trinajstić information content (AvgIpc) is 2.58. The van der Waals surface area contributed by atoms with E-state index in [1.54, 1.807) is 12.1 Å². The fraction of sp³-hybridized carbons (Fsp3) is 0.250. The van der Waals surface area contributed by atoms with Crippen LogP contribution in [-0.4, -0.2) is 12.9 Å². The van der Waals surface area contributed by atoms with E-state index in [9.17, 15) is 4.79 Å². The summed E-state index contributed by atoms with van der Waals surface area (Å²) in [5.74, 6) is 7.04. The summed E-state index contributed by atoms with van der Waals surface area (Å²) in [6.07, 6.45) is 4.31. The maximum Gasteiger partial charge on any atom is 0.150 e. The molecule has 0 saturated carbocycles. The Morgan fingerprint density at radius 1 is 1.00 bits per heavy atom. The molecule has 0 aliphatic heterocycles. The smallest absolute Gasteiger partial charge is 0.150 e. The van der Waals surface area contributed by atoms with Crippen molar-refractivity contribution < 1.29 is 9.53 Å². The normalized spacial score (nSPS) is 9.68. The summed E-state index contributed by atoms with van der Waals surface area (Å²) in [5, 5.41) is 0. The number of carbonyl (C=O) groups is 1. The first-order valence-corrected chi connectivity index (χ1v) is 7.62. The van der Waals surface area contributed by atoms with Crippen molar-refractivity contribution in [2.24, 2.45) is 0 Å². The maximum absolute atomic E-state index is 10.7. The van der Waals surface area contributed by atoms with Crippen LogP contribution in [0.25, 0.3) is 0 Å². The van der Waals surface area contributed by atoms with Crippen LogP contribution in [0.4, 0.5) is 0 Å². The molecule has 0 fully saturated rings. The van der Waals surface area contributed by atoms with Crippen LogP contribution in [0.5, 0.6) is 5.75 Å². The standard InChI is InChI=1S/C20H20O2/c1-2-3-4-14-22-20-12-10-17(11-13-20)8-9-18-6-5-7-19(15-18)16-21/h5-7,10-13,15-16H,2-4,14H2,1H3. The Hall–Kier alpha value is -2.53. The van der Waals surface area contributed by atoms with E-state index in [1.807, 2.05) is 36.4 Å². The zero-order valence-corrected chi connectivity index (χ0v) is 12.8. The molecule has 0 atom stereocenters. The van der Waals surface area contributed by atoms with Crippen molar-refractivity contribution in [2.75, 3.05) is 6.61 Å². The van der Waals surface area contributed by atoms with Gasteiger partial charge in [0.25, 0.3) is 0 Å². The molecular weight excluding hydrogens is 272 g/mol. The minimum absolute atomic E-state index is 0.641. The number of rotatable bonds is 6. The van der Waals surface area contributed by atoms with Crippen molar-refractivity contribution in [1.29, 1.82) is 0 Å². The van der Waals surface area contributed by atoms with Gasteiger partial charge in [0.05, 0.1) is 6.61 Å². The number of aldehydes is 1. The zero-order valence-electron chi connectivity index (χ0n) is 12.8. The maximum atomic E-state index is 10.7. The van der Waals surface area contributed by atoms with Gasteiger partial charge in [0.2, 0.25) is 0 Å². The average molecular weight is 292 g/mol. The van der Waals surface area contributed by atoms with Crippen molar-refractivity contribution in [3.05, 3.63) is 65.2 Å². The Morgan fingerprint density at radius 2 is 1.77 bits per heavy atom. The minimum Gasteiger partial charge on any atom is -0.494 e. The van der Waals surface area contributed by atoms with Crippen LogP contribution >= 0.6 is 0 Å². The molecule has 0 aromatic heterocycles. The van der Waals surface area contributed by atoms with Gasteiger partial charge in [-0.2, -0.15) is 0 Å². The third kappa shape index (κ3) is 5.10. The molecule has 0 saturated heterocycles. The zero-order chi connectivity index (χ0) is 15.6. The highest BCUT2D eigenvalue weighted by atomic mass is 16.5. The van der Waals surface area contributed by atoms with E-state index in [-0.39, 0.29) is 0 Å². The summed E-state index contributed by atoms with van der Waals surface area (Å²) in [5.41, 5.74) is 2.41. The molecule has 2 heteroatoms. The van der Waals surface area contributed by atoms with Gasteiger partial charge in [-0.05, 0) is 42.8 Å². The Kier molecular flexibility index (Phi) is 6.26. The van der Waals surface area contributed by atoms with Crippen molar-refractivity contribution in [3.63, 3.8) is 0 Å². The van der Waals surface area contributed by atoms with E-state index in [4.69, 9.17) is 4.74 Å². The Bertz CT molecular complexity index is 660. The summed E-state index contributed by atoms with van der Waals surface area (Å²) in [6, 6.07) is 15.1. The van der Waals surface area contributed by atoms with Crippen LogP contribution in [0.1, 0.15) is 47.7 Å². The molecule has 0 N–H and O–H groups in total. The molecule has 2 aromatic rings. The monoisotopic (exact) mass is 292 g/mol. The first kappa shape index (κ1) is 15.9. The van der Waals surface area contributed by atoms with Crippen LogP contribution < -0.4 is 4.74 Å². The fourth-order valence-corrected chi connectivity index (χ4v) is 2.01. The van der Waals surface area contributed by atoms with E-state index in [1.165, 1.54) is 12.8 Å². The quantitative estimate of drug-likeness (QED) is 0.446. The van der Waals surface area contributed by atoms with Gasteiger partial charge >= 0.3 is 0 Å². The number of hydrogen-bond donors (Lipinski definition) is 0. The predicted octanol–water partition coefficient (Wildman–Crippen LogP) is 4.47. The highest BCUT2D eigenvalue weighted by molar-refractivity contribution is 5.75. The second-order valence-electron chi connectivity index (χ2n) is 5.07. The molecule has 2 aromatic carbocycles. The first-order chi connectivity index (χ1) is 10.8. The molecule has 0 aliphatic rings. The van der Waals surface area contributed by atoms with Gasteiger partial charge in [-0.15, -0.1) is 0 Å². The lowest BCUT2D eigenvalue weighted by Gasteiger charge is -2.05. The molecule has 2 rings (SSSR count). The predicted molar refractivity (Wildman–Crippen MR) is 89.3 cm³/mol. The molecule has 0 heterocycles. The number of unbranched alkanes of at least 4 members (excludes halogenated alkanes) is 2. The van der Waals surface area contributed by atoms with E-state index >= 15 is 0 Å². The van der Waals surface area contributed by atoms with Gasteiger partial charge in [-0.1, -0.05) is 43.7 Å². The molecule has 0 aliphatic carbocycles. The molecule has 0 unspecified atom stereocenters. The lowest BCUT2D eigenvalue weighted by atomic mass is 10.1. The molecule has 0 bridgehead atoms. The first-order valence-electron chi connectivity index (χ1n) is 7.62. The van der Waals surface area contributed by atoms with Crippen molar-refractivity contribution in [2.45, 2.75) is 26.2 Å². The Labute approximate surface area is 132 Å². The van der Waals surface area contributed by atoms with Gasteiger partial charge in [0.15, 0.2) is 0 Å². The molecule has 0 spiro atoms. The second-order valence-corrected chi connectivity index (χ2v) is 5.07. The van der Waals surface area contributed by atoms with Gasteiger partial charge in [0, 0.05) is 16.7 Å². The van der Waals surface area contributed by atoms with Gasteiger partial charge in [-0.3, -0.25) is 4.79 Å². The van der Waals surface area contributed by atoms with Crippen LogP contribution in [0.15, 0.2) is 48.5 Å². The molecule has 2 nitrogen and oxygen atoms in total. The SMILES string of the molecule is CCCCCOc1ccc(C#Cc2cccc(C=O)c2)cc1. The van der Waals surface area contributed by atoms with Gasteiger partial charge in [0.1, 0.15) is 12.0 Å². The largest absolute Gasteiger partial charge is 0.494 e. The lowest BCUT2D eigenvalue weighted by Crippen LogP contribution is -1.96. The van der Waals surface area contributed by atoms with E-state index in [0.29, 0.717) is 5.56 Å². The molecule has 112 valence electrons. The Balaban J connectivity index is 1.96. The summed E-state index contributed by atoms with van der Waals surface area (Å²) in [7, 11) is 0. The van der Waals surface area contributed by atoms with Crippen LogP contribution in [0.2, 0.25) is 0 Å². The van der Waals surface area contributed by atoms with Gasteiger partial charge < -0.3 is 4.74 Å². The Morgan fingerprint density at radius 3 is 2.50 bits per heavy atom. The number of carbonyl (C=O) groups excluding carboxylic acids is 1. The number of ether oxygens (including phenoxy) is 1. The summed E-state index contributed by atoms with van der Waals surface area (Å²) < 4.78 is 5.67. The molecular formula is C20H20O2. The van der Waals surface area contributed by atoms with E-state index in [2.05, 4.69) is 18.8 Å². The fourth-order valence-electron chi connectivity index (χ4n) is 2.01. The third-order valence-electron chi connectivity index (χ3n) is 3.24. The number of benzene rings is 2. The van der Waals surface area contributed by atoms with E-state index in [0.717, 1.165) is 36.2 Å². The highest BCUT2D eigenvalue weighted by Gasteiger charge is 1.94. The molecule has 0 radical (unpaired) electrons. The summed E-state index contributed by atoms with van der Waals surface area (Å²) >= 11 is 0. The van der Waals surface area contributed by atoms with Crippen molar-refractivity contribution in [1.82, 2.24) is 0 Å². The van der Waals surface area contributed by atoms with Crippen LogP contribution in [-0.2, 0) is 0 Å². The number of hydrogen-bond acceptors (Lipinski definition) is 2. The lowest BCUT2D eigenvalue weighted by molar-refractivity contribution is 0.112. The molecule has 0 amide bonds. The van der Waals surface area contributed by atoms with Crippen LogP contribution in [0, 0.1) is 11.8 Å². The summed E-state index contributed by atoms with van der Waals surface area (Å²) in [6.45, 7) is 2.94. The van der Waals surface area contributed by atoms with Crippen LogP contribution in [0.3, 0.4) is 0 Å². The van der Waals surface area contributed by atoms with Crippen molar-refractivity contribution in [3.8, 4) is 17.6 Å². The topological polar surface area (TPSA) is 26.3 Å². The summed E-state index contributed by atoms with van der Waals surface area (Å²) in [4.78, 5) is 10.7. The molecule has 22 heavy (non-hydrogen) atoms. The second kappa shape index (κ2) is 8.69.